The number of benzene rings is 2. The summed E-state index contributed by atoms with van der Waals surface area (Å²) in [5, 5.41) is 5.12. The Kier molecular flexibility index (Phi) is 5.79. The van der Waals surface area contributed by atoms with Gasteiger partial charge in [-0.15, -0.1) is 0 Å². The van der Waals surface area contributed by atoms with Crippen LogP contribution in [-0.2, 0) is 21.2 Å². The Labute approximate surface area is 159 Å². The Morgan fingerprint density at radius 2 is 1.56 bits per heavy atom. The van der Waals surface area contributed by atoms with Crippen LogP contribution < -0.4 is 15.8 Å². The minimum Gasteiger partial charge on any atom is -0.368 e. The highest BCUT2D eigenvalue weighted by Crippen LogP contribution is 2.19. The van der Waals surface area contributed by atoms with Crippen LogP contribution in [0.5, 0.6) is 0 Å². The molecule has 1 aliphatic rings. The van der Waals surface area contributed by atoms with Gasteiger partial charge in [0.2, 0.25) is 15.9 Å². The lowest BCUT2D eigenvalue weighted by Gasteiger charge is -2.37. The smallest absolute Gasteiger partial charge is 0.239 e. The summed E-state index contributed by atoms with van der Waals surface area (Å²) in [7, 11) is -3.69. The predicted octanol–water partition coefficient (Wildman–Crippen LogP) is 0.553. The number of rotatable bonds is 5. The number of sulfonamides is 1. The molecular weight excluding hydrogens is 364 g/mol. The number of carbonyl (C=O) groups is 1. The zero-order valence-corrected chi connectivity index (χ0v) is 15.8. The standard InChI is InChI=1S/C19H24N4O3S/c20-18(14-15-4-2-1-3-5-15)19(24)23-12-10-22(11-13-23)16-6-8-17(9-7-16)27(21,25)26/h1-9,18H,10-14,20H2,(H2,21,25,26). The van der Waals surface area contributed by atoms with E-state index < -0.39 is 16.1 Å². The Bertz CT molecular complexity index is 877. The zero-order valence-electron chi connectivity index (χ0n) is 15.0. The van der Waals surface area contributed by atoms with Crippen LogP contribution in [0.1, 0.15) is 5.56 Å². The SMILES string of the molecule is NC(Cc1ccccc1)C(=O)N1CCN(c2ccc(S(N)(=O)=O)cc2)CC1. The van der Waals surface area contributed by atoms with Gasteiger partial charge >= 0.3 is 0 Å². The fourth-order valence-electron chi connectivity index (χ4n) is 3.22. The molecule has 0 bridgehead atoms. The molecule has 1 fully saturated rings. The van der Waals surface area contributed by atoms with Crippen LogP contribution in [0.4, 0.5) is 5.69 Å². The number of carbonyl (C=O) groups excluding carboxylic acids is 1. The number of hydrogen-bond acceptors (Lipinski definition) is 5. The molecule has 0 aliphatic carbocycles. The largest absolute Gasteiger partial charge is 0.368 e. The lowest BCUT2D eigenvalue weighted by atomic mass is 10.1. The van der Waals surface area contributed by atoms with Crippen LogP contribution in [-0.4, -0.2) is 51.4 Å². The topological polar surface area (TPSA) is 110 Å². The molecule has 144 valence electrons. The van der Waals surface area contributed by atoms with Gasteiger partial charge in [0, 0.05) is 31.9 Å². The average molecular weight is 388 g/mol. The van der Waals surface area contributed by atoms with Crippen molar-refractivity contribution in [3.05, 3.63) is 60.2 Å². The summed E-state index contributed by atoms with van der Waals surface area (Å²) >= 11 is 0. The van der Waals surface area contributed by atoms with Gasteiger partial charge in [0.15, 0.2) is 0 Å². The molecule has 0 saturated carbocycles. The number of anilines is 1. The van der Waals surface area contributed by atoms with Crippen LogP contribution in [0.25, 0.3) is 0 Å². The van der Waals surface area contributed by atoms with Crippen molar-refractivity contribution in [3.8, 4) is 0 Å². The molecule has 1 aliphatic heterocycles. The fourth-order valence-corrected chi connectivity index (χ4v) is 3.74. The maximum Gasteiger partial charge on any atom is 0.239 e. The Balaban J connectivity index is 1.56. The van der Waals surface area contributed by atoms with E-state index in [0.29, 0.717) is 32.6 Å². The molecule has 1 amide bonds. The molecule has 1 heterocycles. The van der Waals surface area contributed by atoms with Gasteiger partial charge in [-0.1, -0.05) is 30.3 Å². The van der Waals surface area contributed by atoms with Crippen LogP contribution in [0, 0.1) is 0 Å². The molecule has 0 aromatic heterocycles. The number of amides is 1. The first-order valence-corrected chi connectivity index (χ1v) is 10.4. The first-order valence-electron chi connectivity index (χ1n) is 8.81. The van der Waals surface area contributed by atoms with E-state index in [1.54, 1.807) is 17.0 Å². The van der Waals surface area contributed by atoms with Crippen molar-refractivity contribution in [3.63, 3.8) is 0 Å². The minimum atomic E-state index is -3.69. The Morgan fingerprint density at radius 3 is 2.11 bits per heavy atom. The van der Waals surface area contributed by atoms with Crippen LogP contribution >= 0.6 is 0 Å². The normalized spacial score (nSPS) is 16.2. The van der Waals surface area contributed by atoms with Crippen molar-refractivity contribution in [2.75, 3.05) is 31.1 Å². The molecule has 0 radical (unpaired) electrons. The summed E-state index contributed by atoms with van der Waals surface area (Å²) in [5.74, 6) is -0.0388. The van der Waals surface area contributed by atoms with Crippen LogP contribution in [0.3, 0.4) is 0 Å². The van der Waals surface area contributed by atoms with Gasteiger partial charge in [-0.2, -0.15) is 0 Å². The molecule has 1 saturated heterocycles. The lowest BCUT2D eigenvalue weighted by Crippen LogP contribution is -2.53. The molecule has 1 atom stereocenters. The second kappa shape index (κ2) is 8.08. The third kappa shape index (κ3) is 4.85. The maximum atomic E-state index is 12.6. The molecule has 2 aromatic rings. The molecule has 3 rings (SSSR count). The van der Waals surface area contributed by atoms with Crippen molar-refractivity contribution in [1.82, 2.24) is 4.90 Å². The van der Waals surface area contributed by atoms with E-state index in [-0.39, 0.29) is 10.8 Å². The number of piperazine rings is 1. The molecule has 8 heteroatoms. The second-order valence-electron chi connectivity index (χ2n) is 6.65. The zero-order chi connectivity index (χ0) is 19.4. The van der Waals surface area contributed by atoms with Crippen molar-refractivity contribution in [2.24, 2.45) is 10.9 Å². The monoisotopic (exact) mass is 388 g/mol. The van der Waals surface area contributed by atoms with E-state index in [9.17, 15) is 13.2 Å². The lowest BCUT2D eigenvalue weighted by molar-refractivity contribution is -0.132. The average Bonchev–Trinajstić information content (AvgIpc) is 2.68. The van der Waals surface area contributed by atoms with Gasteiger partial charge in [-0.25, -0.2) is 13.6 Å². The highest BCUT2D eigenvalue weighted by molar-refractivity contribution is 7.89. The quantitative estimate of drug-likeness (QED) is 0.777. The summed E-state index contributed by atoms with van der Waals surface area (Å²) in [6, 6.07) is 15.7. The molecule has 0 spiro atoms. The van der Waals surface area contributed by atoms with Gasteiger partial charge in [0.25, 0.3) is 0 Å². The van der Waals surface area contributed by atoms with Gasteiger partial charge in [0.05, 0.1) is 10.9 Å². The third-order valence-electron chi connectivity index (χ3n) is 4.74. The first-order chi connectivity index (χ1) is 12.8. The van der Waals surface area contributed by atoms with Gasteiger partial charge < -0.3 is 15.5 Å². The molecule has 27 heavy (non-hydrogen) atoms. The molecule has 7 nitrogen and oxygen atoms in total. The number of nitrogens with two attached hydrogens (primary N) is 2. The van der Waals surface area contributed by atoms with Gasteiger partial charge in [-0.3, -0.25) is 4.79 Å². The van der Waals surface area contributed by atoms with E-state index in [4.69, 9.17) is 10.9 Å². The highest BCUT2D eigenvalue weighted by Gasteiger charge is 2.25. The summed E-state index contributed by atoms with van der Waals surface area (Å²) < 4.78 is 22.7. The van der Waals surface area contributed by atoms with Crippen molar-refractivity contribution >= 4 is 21.6 Å². The second-order valence-corrected chi connectivity index (χ2v) is 8.21. The molecule has 1 unspecified atom stereocenters. The Morgan fingerprint density at radius 1 is 0.963 bits per heavy atom. The third-order valence-corrected chi connectivity index (χ3v) is 5.67. The minimum absolute atomic E-state index is 0.0388. The fraction of sp³-hybridized carbons (Fsp3) is 0.316. The number of nitrogens with zero attached hydrogens (tertiary/aromatic N) is 2. The van der Waals surface area contributed by atoms with E-state index in [0.717, 1.165) is 11.3 Å². The molecular formula is C19H24N4O3S. The summed E-state index contributed by atoms with van der Waals surface area (Å²) in [4.78, 5) is 16.6. The number of hydrogen-bond donors (Lipinski definition) is 2. The molecule has 4 N–H and O–H groups in total. The highest BCUT2D eigenvalue weighted by atomic mass is 32.2. The van der Waals surface area contributed by atoms with E-state index >= 15 is 0 Å². The van der Waals surface area contributed by atoms with E-state index in [2.05, 4.69) is 4.90 Å². The predicted molar refractivity (Wildman–Crippen MR) is 105 cm³/mol. The van der Waals surface area contributed by atoms with Crippen LogP contribution in [0.15, 0.2) is 59.5 Å². The van der Waals surface area contributed by atoms with E-state index in [1.165, 1.54) is 12.1 Å². The molecule has 2 aromatic carbocycles. The maximum absolute atomic E-state index is 12.6. The summed E-state index contributed by atoms with van der Waals surface area (Å²) in [6.07, 6.45) is 0.523. The van der Waals surface area contributed by atoms with Crippen molar-refractivity contribution < 1.29 is 13.2 Å². The summed E-state index contributed by atoms with van der Waals surface area (Å²) in [6.45, 7) is 2.49. The first kappa shape index (κ1) is 19.3. The van der Waals surface area contributed by atoms with Gasteiger partial charge in [-0.05, 0) is 36.2 Å². The van der Waals surface area contributed by atoms with Crippen molar-refractivity contribution in [2.45, 2.75) is 17.4 Å². The van der Waals surface area contributed by atoms with Crippen molar-refractivity contribution in [1.29, 1.82) is 0 Å². The van der Waals surface area contributed by atoms with E-state index in [1.807, 2.05) is 30.3 Å². The van der Waals surface area contributed by atoms with Gasteiger partial charge in [0.1, 0.15) is 0 Å². The summed E-state index contributed by atoms with van der Waals surface area (Å²) in [5.41, 5.74) is 8.06. The Hall–Kier alpha value is -2.42. The van der Waals surface area contributed by atoms with Crippen LogP contribution in [0.2, 0.25) is 0 Å². The number of primary sulfonamides is 1.